The van der Waals surface area contributed by atoms with Crippen molar-refractivity contribution < 1.29 is 14.6 Å². The van der Waals surface area contributed by atoms with Crippen LogP contribution in [0.3, 0.4) is 0 Å². The van der Waals surface area contributed by atoms with Gasteiger partial charge >= 0.3 is 0 Å². The molecule has 2 aromatic rings. The summed E-state index contributed by atoms with van der Waals surface area (Å²) in [5.41, 5.74) is 4.50. The van der Waals surface area contributed by atoms with Crippen LogP contribution in [-0.4, -0.2) is 24.3 Å². The van der Waals surface area contributed by atoms with Gasteiger partial charge in [-0.05, 0) is 41.7 Å². The van der Waals surface area contributed by atoms with E-state index in [-0.39, 0.29) is 17.6 Å². The zero-order chi connectivity index (χ0) is 16.2. The first-order chi connectivity index (χ1) is 11.2. The number of phenols is 1. The number of methoxy groups -OCH3 is 1. The van der Waals surface area contributed by atoms with Crippen LogP contribution in [0.1, 0.15) is 23.5 Å². The Balaban J connectivity index is 1.56. The molecule has 1 amide bonds. The summed E-state index contributed by atoms with van der Waals surface area (Å²) in [6.45, 7) is 0. The summed E-state index contributed by atoms with van der Waals surface area (Å²) in [4.78, 5) is 12.1. The number of phenolic OH excluding ortho intramolecular Hbond substituents is 1. The topological polar surface area (TPSA) is 70.9 Å². The number of nitrogens with one attached hydrogen (secondary N) is 1. The molecule has 2 aromatic carbocycles. The van der Waals surface area contributed by atoms with Crippen molar-refractivity contribution in [1.29, 1.82) is 0 Å². The lowest BCUT2D eigenvalue weighted by Gasteiger charge is -2.03. The summed E-state index contributed by atoms with van der Waals surface area (Å²) in [6.07, 6.45) is 2.39. The van der Waals surface area contributed by atoms with Gasteiger partial charge in [-0.1, -0.05) is 30.3 Å². The van der Waals surface area contributed by atoms with Crippen molar-refractivity contribution >= 4 is 12.1 Å². The van der Waals surface area contributed by atoms with Crippen LogP contribution in [0, 0.1) is 5.92 Å². The molecule has 0 aromatic heterocycles. The standard InChI is InChI=1S/C18H18N2O3/c1-23-17-9-12(7-8-16(17)21)11-19-20-18(22)15-10-14(15)13-5-3-2-4-6-13/h2-9,11,14-15,21H,10H2,1H3,(H,20,22)/b19-11+/t14-,15+/m1/s1. The van der Waals surface area contributed by atoms with E-state index in [9.17, 15) is 9.90 Å². The highest BCUT2D eigenvalue weighted by Crippen LogP contribution is 2.47. The first-order valence-corrected chi connectivity index (χ1v) is 7.44. The zero-order valence-electron chi connectivity index (χ0n) is 12.8. The average molecular weight is 310 g/mol. The van der Waals surface area contributed by atoms with E-state index >= 15 is 0 Å². The van der Waals surface area contributed by atoms with Crippen LogP contribution in [0.15, 0.2) is 53.6 Å². The number of carbonyl (C=O) groups excluding carboxylic acids is 1. The minimum Gasteiger partial charge on any atom is -0.504 e. The van der Waals surface area contributed by atoms with Gasteiger partial charge in [-0.2, -0.15) is 5.10 Å². The third-order valence-corrected chi connectivity index (χ3v) is 3.95. The summed E-state index contributed by atoms with van der Waals surface area (Å²) in [5.74, 6) is 0.647. The van der Waals surface area contributed by atoms with Crippen molar-refractivity contribution in [3.63, 3.8) is 0 Å². The number of hydrogen-bond donors (Lipinski definition) is 2. The molecule has 2 N–H and O–H groups in total. The van der Waals surface area contributed by atoms with Gasteiger partial charge in [0.15, 0.2) is 11.5 Å². The summed E-state index contributed by atoms with van der Waals surface area (Å²) >= 11 is 0. The maximum absolute atomic E-state index is 12.1. The third-order valence-electron chi connectivity index (χ3n) is 3.95. The number of amides is 1. The minimum absolute atomic E-state index is 0.0103. The quantitative estimate of drug-likeness (QED) is 0.659. The van der Waals surface area contributed by atoms with Crippen molar-refractivity contribution in [2.24, 2.45) is 11.0 Å². The van der Waals surface area contributed by atoms with Gasteiger partial charge in [0, 0.05) is 5.92 Å². The molecule has 0 radical (unpaired) electrons. The number of ether oxygens (including phenoxy) is 1. The molecule has 3 rings (SSSR count). The van der Waals surface area contributed by atoms with E-state index in [0.717, 1.165) is 12.0 Å². The molecule has 1 aliphatic rings. The molecule has 5 nitrogen and oxygen atoms in total. The van der Waals surface area contributed by atoms with Crippen molar-refractivity contribution in [3.05, 3.63) is 59.7 Å². The summed E-state index contributed by atoms with van der Waals surface area (Å²) in [5, 5.41) is 13.5. The molecule has 0 bridgehead atoms. The van der Waals surface area contributed by atoms with E-state index in [1.54, 1.807) is 12.1 Å². The van der Waals surface area contributed by atoms with Crippen LogP contribution in [0.4, 0.5) is 0 Å². The molecule has 0 saturated heterocycles. The van der Waals surface area contributed by atoms with Gasteiger partial charge in [-0.3, -0.25) is 4.79 Å². The van der Waals surface area contributed by atoms with Crippen LogP contribution in [0.25, 0.3) is 0 Å². The predicted octanol–water partition coefficient (Wildman–Crippen LogP) is 2.65. The molecular formula is C18H18N2O3. The van der Waals surface area contributed by atoms with Crippen LogP contribution >= 0.6 is 0 Å². The first kappa shape index (κ1) is 15.1. The highest BCUT2D eigenvalue weighted by Gasteiger charge is 2.43. The molecule has 1 aliphatic carbocycles. The largest absolute Gasteiger partial charge is 0.504 e. The Bertz CT molecular complexity index is 728. The molecular weight excluding hydrogens is 292 g/mol. The SMILES string of the molecule is COc1cc(/C=N/NC(=O)[C@H]2C[C@@H]2c2ccccc2)ccc1O. The third kappa shape index (κ3) is 3.51. The number of hydrazone groups is 1. The van der Waals surface area contributed by atoms with E-state index in [1.807, 2.05) is 30.3 Å². The predicted molar refractivity (Wildman–Crippen MR) is 87.7 cm³/mol. The summed E-state index contributed by atoms with van der Waals surface area (Å²) in [6, 6.07) is 14.9. The molecule has 5 heteroatoms. The molecule has 1 fully saturated rings. The van der Waals surface area contributed by atoms with Gasteiger partial charge < -0.3 is 9.84 Å². The maximum Gasteiger partial charge on any atom is 0.243 e. The van der Waals surface area contributed by atoms with Crippen LogP contribution in [-0.2, 0) is 4.79 Å². The molecule has 0 spiro atoms. The molecule has 1 saturated carbocycles. The lowest BCUT2D eigenvalue weighted by molar-refractivity contribution is -0.122. The zero-order valence-corrected chi connectivity index (χ0v) is 12.8. The number of hydrogen-bond acceptors (Lipinski definition) is 4. The highest BCUT2D eigenvalue weighted by molar-refractivity contribution is 5.86. The highest BCUT2D eigenvalue weighted by atomic mass is 16.5. The van der Waals surface area contributed by atoms with Crippen molar-refractivity contribution in [1.82, 2.24) is 5.43 Å². The normalized spacial score (nSPS) is 19.5. The second kappa shape index (κ2) is 6.52. The summed E-state index contributed by atoms with van der Waals surface area (Å²) < 4.78 is 5.03. The Labute approximate surface area is 134 Å². The molecule has 0 aliphatic heterocycles. The first-order valence-electron chi connectivity index (χ1n) is 7.44. The number of carbonyl (C=O) groups is 1. The second-order valence-electron chi connectivity index (χ2n) is 5.52. The Hall–Kier alpha value is -2.82. The lowest BCUT2D eigenvalue weighted by Crippen LogP contribution is -2.20. The summed E-state index contributed by atoms with van der Waals surface area (Å²) in [7, 11) is 1.48. The fourth-order valence-electron chi connectivity index (χ4n) is 2.58. The molecule has 0 unspecified atom stereocenters. The molecule has 0 heterocycles. The van der Waals surface area contributed by atoms with E-state index < -0.39 is 0 Å². The monoisotopic (exact) mass is 310 g/mol. The Morgan fingerprint density at radius 3 is 2.83 bits per heavy atom. The minimum atomic E-state index is -0.0687. The smallest absolute Gasteiger partial charge is 0.243 e. The molecule has 2 atom stereocenters. The van der Waals surface area contributed by atoms with Gasteiger partial charge in [0.05, 0.1) is 13.3 Å². The van der Waals surface area contributed by atoms with Crippen LogP contribution < -0.4 is 10.2 Å². The lowest BCUT2D eigenvalue weighted by atomic mass is 10.1. The van der Waals surface area contributed by atoms with Gasteiger partial charge in [-0.15, -0.1) is 0 Å². The number of nitrogens with zero attached hydrogens (tertiary/aromatic N) is 1. The van der Waals surface area contributed by atoms with Gasteiger partial charge in [0.1, 0.15) is 0 Å². The van der Waals surface area contributed by atoms with Gasteiger partial charge in [0.2, 0.25) is 5.91 Å². The Morgan fingerprint density at radius 1 is 1.30 bits per heavy atom. The molecule has 118 valence electrons. The Kier molecular flexibility index (Phi) is 4.28. The van der Waals surface area contributed by atoms with Crippen LogP contribution in [0.2, 0.25) is 0 Å². The van der Waals surface area contributed by atoms with Gasteiger partial charge in [0.25, 0.3) is 0 Å². The second-order valence-corrected chi connectivity index (χ2v) is 5.52. The number of aromatic hydroxyl groups is 1. The maximum atomic E-state index is 12.1. The van der Waals surface area contributed by atoms with Crippen LogP contribution in [0.5, 0.6) is 11.5 Å². The van der Waals surface area contributed by atoms with E-state index in [4.69, 9.17) is 4.74 Å². The fourth-order valence-corrected chi connectivity index (χ4v) is 2.58. The van der Waals surface area contributed by atoms with Crippen molar-refractivity contribution in [3.8, 4) is 11.5 Å². The van der Waals surface area contributed by atoms with Crippen molar-refractivity contribution in [2.45, 2.75) is 12.3 Å². The van der Waals surface area contributed by atoms with E-state index in [0.29, 0.717) is 11.7 Å². The van der Waals surface area contributed by atoms with Gasteiger partial charge in [-0.25, -0.2) is 5.43 Å². The molecule has 23 heavy (non-hydrogen) atoms. The number of benzene rings is 2. The fraction of sp³-hybridized carbons (Fsp3) is 0.222. The average Bonchev–Trinajstić information content (AvgIpc) is 3.38. The van der Waals surface area contributed by atoms with E-state index in [1.165, 1.54) is 25.0 Å². The Morgan fingerprint density at radius 2 is 2.09 bits per heavy atom. The van der Waals surface area contributed by atoms with E-state index in [2.05, 4.69) is 10.5 Å². The van der Waals surface area contributed by atoms with Crippen molar-refractivity contribution in [2.75, 3.05) is 7.11 Å². The number of rotatable bonds is 5.